The molecule has 0 spiro atoms. The van der Waals surface area contributed by atoms with Gasteiger partial charge in [-0.05, 0) is 43.2 Å². The highest BCUT2D eigenvalue weighted by Gasteiger charge is 2.21. The molecule has 0 atom stereocenters. The number of aryl methyl sites for hydroxylation is 1. The molecule has 0 aliphatic heterocycles. The number of hydrogen-bond donors (Lipinski definition) is 2. The number of rotatable bonds is 6. The first-order valence-corrected chi connectivity index (χ1v) is 10.5. The van der Waals surface area contributed by atoms with Gasteiger partial charge in [-0.25, -0.2) is 9.37 Å². The molecule has 2 heterocycles. The van der Waals surface area contributed by atoms with Gasteiger partial charge in [-0.2, -0.15) is 10.4 Å². The number of carbonyl (C=O) groups excluding carboxylic acids is 2. The molecular formula is C25H21FN6O2. The van der Waals surface area contributed by atoms with Crippen molar-refractivity contribution in [1.29, 1.82) is 5.26 Å². The number of nitrogens with two attached hydrogens (primary N) is 1. The first-order valence-electron chi connectivity index (χ1n) is 10.5. The first kappa shape index (κ1) is 22.6. The van der Waals surface area contributed by atoms with E-state index in [4.69, 9.17) is 11.0 Å². The molecule has 0 unspecified atom stereocenters. The molecular weight excluding hydrogens is 435 g/mol. The predicted molar refractivity (Wildman–Crippen MR) is 125 cm³/mol. The fourth-order valence-corrected chi connectivity index (χ4v) is 3.79. The van der Waals surface area contributed by atoms with Crippen LogP contribution in [0, 0.1) is 31.0 Å². The molecule has 4 rings (SSSR count). The monoisotopic (exact) mass is 456 g/mol. The summed E-state index contributed by atoms with van der Waals surface area (Å²) in [7, 11) is 0. The Balaban J connectivity index is 1.66. The Labute approximate surface area is 194 Å². The van der Waals surface area contributed by atoms with Gasteiger partial charge in [0.1, 0.15) is 11.5 Å². The summed E-state index contributed by atoms with van der Waals surface area (Å²) in [5.41, 5.74) is 9.04. The second-order valence-electron chi connectivity index (χ2n) is 7.86. The van der Waals surface area contributed by atoms with Gasteiger partial charge in [0.2, 0.25) is 0 Å². The van der Waals surface area contributed by atoms with Gasteiger partial charge in [-0.1, -0.05) is 30.3 Å². The number of halogens is 1. The van der Waals surface area contributed by atoms with Crippen molar-refractivity contribution in [2.24, 2.45) is 5.73 Å². The highest BCUT2D eigenvalue weighted by molar-refractivity contribution is 6.14. The zero-order valence-electron chi connectivity index (χ0n) is 18.6. The maximum Gasteiger partial charge on any atom is 0.267 e. The van der Waals surface area contributed by atoms with Crippen molar-refractivity contribution >= 4 is 28.4 Å². The minimum Gasteiger partial charge on any atom is -0.364 e. The Morgan fingerprint density at radius 2 is 1.85 bits per heavy atom. The topological polar surface area (TPSA) is 127 Å². The molecule has 0 saturated carbocycles. The van der Waals surface area contributed by atoms with Crippen molar-refractivity contribution < 1.29 is 14.0 Å². The van der Waals surface area contributed by atoms with Crippen molar-refractivity contribution in [2.45, 2.75) is 26.8 Å². The highest BCUT2D eigenvalue weighted by Crippen LogP contribution is 2.26. The molecule has 9 heteroatoms. The summed E-state index contributed by atoms with van der Waals surface area (Å²) in [6.07, 6.45) is 0.345. The van der Waals surface area contributed by atoms with Gasteiger partial charge in [-0.3, -0.25) is 14.3 Å². The number of nitrogens with one attached hydrogen (secondary N) is 1. The van der Waals surface area contributed by atoms with Crippen LogP contribution in [-0.2, 0) is 13.0 Å². The number of anilines is 1. The van der Waals surface area contributed by atoms with Crippen molar-refractivity contribution in [2.75, 3.05) is 5.32 Å². The quantitative estimate of drug-likeness (QED) is 0.458. The summed E-state index contributed by atoms with van der Waals surface area (Å²) < 4.78 is 16.3. The molecule has 0 aliphatic rings. The Morgan fingerprint density at radius 3 is 2.53 bits per heavy atom. The number of pyridine rings is 1. The Hall–Kier alpha value is -4.58. The fraction of sp³-hybridized carbons (Fsp3) is 0.160. The van der Waals surface area contributed by atoms with E-state index in [2.05, 4.69) is 21.5 Å². The number of carbonyl (C=O) groups is 2. The summed E-state index contributed by atoms with van der Waals surface area (Å²) >= 11 is 0. The number of primary amides is 1. The Morgan fingerprint density at radius 1 is 1.15 bits per heavy atom. The van der Waals surface area contributed by atoms with Gasteiger partial charge < -0.3 is 11.1 Å². The van der Waals surface area contributed by atoms with E-state index >= 15 is 0 Å². The lowest BCUT2D eigenvalue weighted by molar-refractivity contribution is 0.0996. The number of fused-ring (bicyclic) bond motifs is 1. The Kier molecular flexibility index (Phi) is 6.06. The third-order valence-corrected chi connectivity index (χ3v) is 5.54. The molecule has 4 aromatic rings. The van der Waals surface area contributed by atoms with E-state index in [0.29, 0.717) is 30.0 Å². The third kappa shape index (κ3) is 4.34. The summed E-state index contributed by atoms with van der Waals surface area (Å²) in [5, 5.41) is 16.2. The SMILES string of the molecule is Cc1nn(Cc2ccc(CC#N)cc2)c(C)c1NC(=O)c1cc(C(N)=O)nc2cccc(F)c12. The highest BCUT2D eigenvalue weighted by atomic mass is 19.1. The number of amides is 2. The third-order valence-electron chi connectivity index (χ3n) is 5.54. The number of nitriles is 1. The fourth-order valence-electron chi connectivity index (χ4n) is 3.79. The van der Waals surface area contributed by atoms with Gasteiger partial charge in [0.15, 0.2) is 0 Å². The number of aromatic nitrogens is 3. The van der Waals surface area contributed by atoms with Gasteiger partial charge >= 0.3 is 0 Å². The summed E-state index contributed by atoms with van der Waals surface area (Å²) in [4.78, 5) is 29.0. The van der Waals surface area contributed by atoms with E-state index in [1.165, 1.54) is 24.3 Å². The van der Waals surface area contributed by atoms with Gasteiger partial charge in [0, 0.05) is 5.39 Å². The second kappa shape index (κ2) is 9.11. The van der Waals surface area contributed by atoms with Gasteiger partial charge in [0.05, 0.1) is 47.2 Å². The average Bonchev–Trinajstić information content (AvgIpc) is 3.07. The molecule has 0 fully saturated rings. The van der Waals surface area contributed by atoms with E-state index in [1.807, 2.05) is 31.2 Å². The van der Waals surface area contributed by atoms with Crippen LogP contribution in [0.1, 0.15) is 43.4 Å². The molecule has 3 N–H and O–H groups in total. The van der Waals surface area contributed by atoms with Gasteiger partial charge in [-0.15, -0.1) is 0 Å². The van der Waals surface area contributed by atoms with Gasteiger partial charge in [0.25, 0.3) is 11.8 Å². The average molecular weight is 456 g/mol. The zero-order valence-corrected chi connectivity index (χ0v) is 18.6. The van der Waals surface area contributed by atoms with Crippen molar-refractivity contribution in [1.82, 2.24) is 14.8 Å². The largest absolute Gasteiger partial charge is 0.364 e. The molecule has 8 nitrogen and oxygen atoms in total. The standard InChI is InChI=1S/C25H21FN6O2/c1-14-23(15(2)32(31-14)13-17-8-6-16(7-9-17)10-11-27)30-25(34)18-12-21(24(28)33)29-20-5-3-4-19(26)22(18)20/h3-9,12H,10,13H2,1-2H3,(H2,28,33)(H,30,34). The molecule has 2 aromatic carbocycles. The van der Waals surface area contributed by atoms with Crippen LogP contribution >= 0.6 is 0 Å². The van der Waals surface area contributed by atoms with Crippen LogP contribution < -0.4 is 11.1 Å². The molecule has 0 bridgehead atoms. The van der Waals surface area contributed by atoms with Crippen molar-refractivity contribution in [3.05, 3.63) is 88.1 Å². The second-order valence-corrected chi connectivity index (χ2v) is 7.86. The Bertz CT molecular complexity index is 1470. The molecule has 2 aromatic heterocycles. The normalized spacial score (nSPS) is 10.8. The minimum atomic E-state index is -0.818. The minimum absolute atomic E-state index is 0.00477. The molecule has 34 heavy (non-hydrogen) atoms. The molecule has 0 saturated heterocycles. The van der Waals surface area contributed by atoms with Crippen LogP contribution in [-0.4, -0.2) is 26.6 Å². The predicted octanol–water partition coefficient (Wildman–Crippen LogP) is 3.65. The van der Waals surface area contributed by atoms with E-state index in [-0.39, 0.29) is 22.2 Å². The maximum atomic E-state index is 14.6. The van der Waals surface area contributed by atoms with E-state index in [1.54, 1.807) is 11.6 Å². The van der Waals surface area contributed by atoms with Crippen molar-refractivity contribution in [3.8, 4) is 6.07 Å². The first-order chi connectivity index (χ1) is 16.3. The van der Waals surface area contributed by atoms with Crippen LogP contribution in [0.5, 0.6) is 0 Å². The van der Waals surface area contributed by atoms with E-state index in [9.17, 15) is 14.0 Å². The van der Waals surface area contributed by atoms with Crippen LogP contribution in [0.25, 0.3) is 10.9 Å². The lowest BCUT2D eigenvalue weighted by atomic mass is 10.1. The van der Waals surface area contributed by atoms with E-state index < -0.39 is 17.6 Å². The summed E-state index contributed by atoms with van der Waals surface area (Å²) in [6.45, 7) is 4.04. The number of nitrogens with zero attached hydrogens (tertiary/aromatic N) is 4. The summed E-state index contributed by atoms with van der Waals surface area (Å²) in [5.74, 6) is -2.05. The zero-order chi connectivity index (χ0) is 24.4. The lowest BCUT2D eigenvalue weighted by Crippen LogP contribution is -2.18. The number of hydrogen-bond acceptors (Lipinski definition) is 5. The van der Waals surface area contributed by atoms with Crippen LogP contribution in [0.3, 0.4) is 0 Å². The molecule has 2 amide bonds. The van der Waals surface area contributed by atoms with Crippen molar-refractivity contribution in [3.63, 3.8) is 0 Å². The lowest BCUT2D eigenvalue weighted by Gasteiger charge is -2.11. The molecule has 0 aliphatic carbocycles. The number of benzene rings is 2. The van der Waals surface area contributed by atoms with E-state index in [0.717, 1.165) is 11.1 Å². The summed E-state index contributed by atoms with van der Waals surface area (Å²) in [6, 6.07) is 15.1. The van der Waals surface area contributed by atoms with Crippen LogP contribution in [0.4, 0.5) is 10.1 Å². The molecule has 170 valence electrons. The smallest absolute Gasteiger partial charge is 0.267 e. The van der Waals surface area contributed by atoms with Crippen LogP contribution in [0.15, 0.2) is 48.5 Å². The maximum absolute atomic E-state index is 14.6. The molecule has 0 radical (unpaired) electrons. The van der Waals surface area contributed by atoms with Crippen LogP contribution in [0.2, 0.25) is 0 Å².